The van der Waals surface area contributed by atoms with E-state index in [0.717, 1.165) is 24.8 Å². The Morgan fingerprint density at radius 2 is 1.68 bits per heavy atom. The van der Waals surface area contributed by atoms with Gasteiger partial charge in [-0.15, -0.1) is 0 Å². The second-order valence-electron chi connectivity index (χ2n) is 12.5. The molecule has 0 radical (unpaired) electrons. The second-order valence-corrected chi connectivity index (χ2v) is 12.5. The highest BCUT2D eigenvalue weighted by molar-refractivity contribution is 5.71. The van der Waals surface area contributed by atoms with Crippen molar-refractivity contribution < 1.29 is 28.8 Å². The van der Waals surface area contributed by atoms with Crippen LogP contribution in [-0.4, -0.2) is 54.4 Å². The Bertz CT molecular complexity index is 860. The SMILES string of the molecule is CCC1(COC(=O)COc2ccc(O)c(C(C)(C)C)c2)COC2(CC(C)(C)NC(C)(C)C2)OC1. The standard InChI is InChI=1S/C27H43NO6/c1-9-26(17-33-27(34-18-26)14-24(5,6)28-25(7,8)15-27)16-32-22(30)13-31-19-10-11-21(29)20(12-19)23(2,3)4/h10-12,28-29H,9,13-18H2,1-8H3. The van der Waals surface area contributed by atoms with E-state index in [4.69, 9.17) is 18.9 Å². The molecule has 192 valence electrons. The summed E-state index contributed by atoms with van der Waals surface area (Å²) >= 11 is 0. The van der Waals surface area contributed by atoms with Gasteiger partial charge in [0.15, 0.2) is 12.4 Å². The Kier molecular flexibility index (Phi) is 7.34. The Labute approximate surface area is 204 Å². The number of nitrogens with one attached hydrogen (secondary N) is 1. The molecule has 34 heavy (non-hydrogen) atoms. The minimum absolute atomic E-state index is 0.0984. The van der Waals surface area contributed by atoms with Crippen LogP contribution in [0.2, 0.25) is 0 Å². The lowest BCUT2D eigenvalue weighted by Crippen LogP contribution is -2.67. The summed E-state index contributed by atoms with van der Waals surface area (Å²) in [4.78, 5) is 12.4. The summed E-state index contributed by atoms with van der Waals surface area (Å²) in [5.74, 6) is -0.328. The molecule has 2 N–H and O–H groups in total. The van der Waals surface area contributed by atoms with E-state index in [-0.39, 0.29) is 40.9 Å². The lowest BCUT2D eigenvalue weighted by atomic mass is 9.77. The highest BCUT2D eigenvalue weighted by Gasteiger charge is 2.53. The van der Waals surface area contributed by atoms with Gasteiger partial charge in [0, 0.05) is 29.5 Å². The van der Waals surface area contributed by atoms with Crippen LogP contribution in [0, 0.1) is 5.41 Å². The number of esters is 1. The first-order valence-electron chi connectivity index (χ1n) is 12.3. The first-order chi connectivity index (χ1) is 15.6. The Morgan fingerprint density at radius 3 is 2.21 bits per heavy atom. The summed E-state index contributed by atoms with van der Waals surface area (Å²) in [5, 5.41) is 13.8. The second kappa shape index (κ2) is 9.32. The van der Waals surface area contributed by atoms with E-state index < -0.39 is 11.8 Å². The fourth-order valence-corrected chi connectivity index (χ4v) is 5.28. The molecule has 7 heteroatoms. The van der Waals surface area contributed by atoms with Gasteiger partial charge in [0.2, 0.25) is 0 Å². The molecule has 0 atom stereocenters. The minimum Gasteiger partial charge on any atom is -0.508 e. The van der Waals surface area contributed by atoms with Gasteiger partial charge in [-0.1, -0.05) is 27.7 Å². The molecule has 2 aliphatic rings. The molecule has 2 saturated heterocycles. The Balaban J connectivity index is 1.54. The number of phenols is 1. The van der Waals surface area contributed by atoms with Crippen LogP contribution < -0.4 is 10.1 Å². The first kappa shape index (κ1) is 26.8. The van der Waals surface area contributed by atoms with Crippen LogP contribution in [-0.2, 0) is 24.4 Å². The van der Waals surface area contributed by atoms with Gasteiger partial charge in [-0.2, -0.15) is 0 Å². The van der Waals surface area contributed by atoms with Gasteiger partial charge >= 0.3 is 5.97 Å². The molecule has 2 heterocycles. The normalized spacial score (nSPS) is 22.8. The van der Waals surface area contributed by atoms with E-state index >= 15 is 0 Å². The van der Waals surface area contributed by atoms with Gasteiger partial charge < -0.3 is 29.4 Å². The van der Waals surface area contributed by atoms with E-state index in [1.807, 2.05) is 20.8 Å². The molecule has 0 unspecified atom stereocenters. The van der Waals surface area contributed by atoms with Crippen molar-refractivity contribution in [1.82, 2.24) is 5.32 Å². The summed E-state index contributed by atoms with van der Waals surface area (Å²) in [6, 6.07) is 5.00. The van der Waals surface area contributed by atoms with Gasteiger partial charge in [-0.25, -0.2) is 4.79 Å². The lowest BCUT2D eigenvalue weighted by Gasteiger charge is -2.55. The number of aromatic hydroxyl groups is 1. The molecule has 0 bridgehead atoms. The van der Waals surface area contributed by atoms with Crippen molar-refractivity contribution in [3.05, 3.63) is 23.8 Å². The van der Waals surface area contributed by atoms with E-state index in [9.17, 15) is 9.90 Å². The maximum atomic E-state index is 12.4. The zero-order chi connectivity index (χ0) is 25.4. The zero-order valence-electron chi connectivity index (χ0n) is 22.2. The average molecular weight is 478 g/mol. The maximum Gasteiger partial charge on any atom is 0.344 e. The van der Waals surface area contributed by atoms with Crippen LogP contribution in [0.25, 0.3) is 0 Å². The van der Waals surface area contributed by atoms with Gasteiger partial charge in [0.25, 0.3) is 0 Å². The van der Waals surface area contributed by atoms with Crippen LogP contribution in [0.3, 0.4) is 0 Å². The molecular formula is C27H43NO6. The Morgan fingerprint density at radius 1 is 1.09 bits per heavy atom. The number of carbonyl (C=O) groups is 1. The Hall–Kier alpha value is -1.83. The van der Waals surface area contributed by atoms with E-state index in [0.29, 0.717) is 19.0 Å². The highest BCUT2D eigenvalue weighted by atomic mass is 16.7. The van der Waals surface area contributed by atoms with Crippen LogP contribution in [0.15, 0.2) is 18.2 Å². The van der Waals surface area contributed by atoms with Gasteiger partial charge in [0.05, 0.1) is 18.6 Å². The van der Waals surface area contributed by atoms with Gasteiger partial charge in [-0.05, 0) is 57.7 Å². The van der Waals surface area contributed by atoms with Crippen molar-refractivity contribution in [2.45, 2.75) is 96.9 Å². The lowest BCUT2D eigenvalue weighted by molar-refractivity contribution is -0.332. The summed E-state index contributed by atoms with van der Waals surface area (Å²) < 4.78 is 24.0. The van der Waals surface area contributed by atoms with Crippen molar-refractivity contribution in [1.29, 1.82) is 0 Å². The number of benzene rings is 1. The predicted molar refractivity (Wildman–Crippen MR) is 131 cm³/mol. The molecule has 0 aliphatic carbocycles. The molecule has 3 rings (SSSR count). The predicted octanol–water partition coefficient (Wildman–Crippen LogP) is 4.69. The highest BCUT2D eigenvalue weighted by Crippen LogP contribution is 2.44. The molecule has 0 amide bonds. The molecule has 1 spiro atoms. The fourth-order valence-electron chi connectivity index (χ4n) is 5.28. The quantitative estimate of drug-likeness (QED) is 0.575. The number of piperidine rings is 1. The molecule has 7 nitrogen and oxygen atoms in total. The van der Waals surface area contributed by atoms with E-state index in [2.05, 4.69) is 39.9 Å². The van der Waals surface area contributed by atoms with Crippen LogP contribution in [0.5, 0.6) is 11.5 Å². The molecule has 2 fully saturated rings. The van der Waals surface area contributed by atoms with Crippen molar-refractivity contribution in [3.8, 4) is 11.5 Å². The molecule has 2 aliphatic heterocycles. The summed E-state index contributed by atoms with van der Waals surface area (Å²) in [5.41, 5.74) is -0.0531. The summed E-state index contributed by atoms with van der Waals surface area (Å²) in [6.07, 6.45) is 2.30. The minimum atomic E-state index is -0.617. The summed E-state index contributed by atoms with van der Waals surface area (Å²) in [6.45, 7) is 17.8. The molecule has 1 aromatic rings. The maximum absolute atomic E-state index is 12.4. The number of ether oxygens (including phenoxy) is 4. The number of hydrogen-bond donors (Lipinski definition) is 2. The van der Waals surface area contributed by atoms with Crippen LogP contribution in [0.4, 0.5) is 0 Å². The molecule has 0 saturated carbocycles. The smallest absolute Gasteiger partial charge is 0.344 e. The molecule has 0 aromatic heterocycles. The van der Waals surface area contributed by atoms with Crippen molar-refractivity contribution >= 4 is 5.97 Å². The first-order valence-corrected chi connectivity index (χ1v) is 12.3. The van der Waals surface area contributed by atoms with Crippen LogP contribution >= 0.6 is 0 Å². The number of carbonyl (C=O) groups excluding carboxylic acids is 1. The third-order valence-electron chi connectivity index (χ3n) is 6.80. The zero-order valence-corrected chi connectivity index (χ0v) is 22.2. The third-order valence-corrected chi connectivity index (χ3v) is 6.80. The van der Waals surface area contributed by atoms with Gasteiger partial charge in [0.1, 0.15) is 18.1 Å². The number of phenolic OH excluding ortho intramolecular Hbond substituents is 1. The average Bonchev–Trinajstić information content (AvgIpc) is 2.70. The third kappa shape index (κ3) is 6.43. The van der Waals surface area contributed by atoms with E-state index in [1.165, 1.54) is 0 Å². The molecule has 1 aromatic carbocycles. The largest absolute Gasteiger partial charge is 0.508 e. The monoisotopic (exact) mass is 477 g/mol. The van der Waals surface area contributed by atoms with Gasteiger partial charge in [-0.3, -0.25) is 0 Å². The van der Waals surface area contributed by atoms with Crippen molar-refractivity contribution in [2.24, 2.45) is 5.41 Å². The van der Waals surface area contributed by atoms with Crippen LogP contribution in [0.1, 0.15) is 80.2 Å². The topological polar surface area (TPSA) is 86.3 Å². The number of rotatable bonds is 6. The fraction of sp³-hybridized carbons (Fsp3) is 0.741. The molecular weight excluding hydrogens is 434 g/mol. The number of hydrogen-bond acceptors (Lipinski definition) is 7. The van der Waals surface area contributed by atoms with Crippen molar-refractivity contribution in [3.63, 3.8) is 0 Å². The van der Waals surface area contributed by atoms with Crippen molar-refractivity contribution in [2.75, 3.05) is 26.4 Å². The summed E-state index contributed by atoms with van der Waals surface area (Å²) in [7, 11) is 0. The van der Waals surface area contributed by atoms with E-state index in [1.54, 1.807) is 18.2 Å².